The first kappa shape index (κ1) is 42.6. The van der Waals surface area contributed by atoms with Crippen LogP contribution in [-0.2, 0) is 28.6 Å². The van der Waals surface area contributed by atoms with Crippen LogP contribution in [0, 0.1) is 11.8 Å². The van der Waals surface area contributed by atoms with Crippen LogP contribution in [0.5, 0.6) is 5.75 Å². The number of ketones is 1. The first-order chi connectivity index (χ1) is 22.9. The molecule has 276 valence electrons. The molecule has 0 unspecified atom stereocenters. The first-order valence-corrected chi connectivity index (χ1v) is 16.1. The molecule has 16 nitrogen and oxygen atoms in total. The number of hydrogen-bond donors (Lipinski definition) is 5. The lowest BCUT2D eigenvalue weighted by Gasteiger charge is -2.25. The lowest BCUT2D eigenvalue weighted by molar-refractivity contribution is -0.133. The third-order valence-electron chi connectivity index (χ3n) is 6.74. The fourth-order valence-electron chi connectivity index (χ4n) is 4.44. The number of Topliss-reactive ketones (excluding diaryl/α,β-unsaturated/α-hetero) is 1. The Kier molecular flexibility index (Phi) is 18.7. The standard InChI is InChI=1S/C33H54N6O10/c1-21(2)25(19-23(40)20-39(6)7)28(41)38-26(10-9-13-35-31(34)44)29(42)37-22-11-12-24(30(43)46-8)27(18-22)48-17-16-47-15-14-36-32(45)49-33(3,4)5/h11-12,18,21,25-26H,9-10,13-17,19-20H2,1-8H3,(H,36,45)(H,37,42)(H,38,41)(H3,34,35,44)/t25-,26-/m0/s1. The van der Waals surface area contributed by atoms with Crippen molar-refractivity contribution in [3.05, 3.63) is 23.8 Å². The van der Waals surface area contributed by atoms with Crippen LogP contribution in [0.15, 0.2) is 18.2 Å². The molecule has 0 fully saturated rings. The Hall–Kier alpha value is -4.44. The molecule has 1 rings (SSSR count). The number of benzene rings is 1. The van der Waals surface area contributed by atoms with Gasteiger partial charge in [-0.1, -0.05) is 13.8 Å². The smallest absolute Gasteiger partial charge is 0.407 e. The number of nitrogens with one attached hydrogen (secondary N) is 4. The van der Waals surface area contributed by atoms with E-state index in [-0.39, 0.29) is 81.0 Å². The molecule has 0 aliphatic carbocycles. The molecule has 0 saturated heterocycles. The Morgan fingerprint density at radius 2 is 1.63 bits per heavy atom. The van der Waals surface area contributed by atoms with Gasteiger partial charge in [0.15, 0.2) is 0 Å². The van der Waals surface area contributed by atoms with Crippen LogP contribution in [0.25, 0.3) is 0 Å². The minimum atomic E-state index is -1.03. The summed E-state index contributed by atoms with van der Waals surface area (Å²) in [6.45, 7) is 9.84. The highest BCUT2D eigenvalue weighted by Gasteiger charge is 2.29. The maximum Gasteiger partial charge on any atom is 0.407 e. The van der Waals surface area contributed by atoms with Crippen LogP contribution >= 0.6 is 0 Å². The number of ether oxygens (including phenoxy) is 4. The summed E-state index contributed by atoms with van der Waals surface area (Å²) in [6, 6.07) is 2.61. The zero-order chi connectivity index (χ0) is 37.1. The second kappa shape index (κ2) is 21.5. The van der Waals surface area contributed by atoms with Crippen molar-refractivity contribution in [3.8, 4) is 5.75 Å². The number of carbonyl (C=O) groups is 6. The highest BCUT2D eigenvalue weighted by atomic mass is 16.6. The monoisotopic (exact) mass is 694 g/mol. The van der Waals surface area contributed by atoms with Crippen molar-refractivity contribution in [1.82, 2.24) is 20.9 Å². The lowest BCUT2D eigenvalue weighted by Crippen LogP contribution is -2.48. The zero-order valence-corrected chi connectivity index (χ0v) is 29.9. The van der Waals surface area contributed by atoms with E-state index in [0.29, 0.717) is 6.42 Å². The summed E-state index contributed by atoms with van der Waals surface area (Å²) in [4.78, 5) is 76.4. The number of anilines is 1. The number of esters is 1. The Morgan fingerprint density at radius 1 is 0.939 bits per heavy atom. The van der Waals surface area contributed by atoms with Crippen molar-refractivity contribution in [2.45, 2.75) is 65.5 Å². The molecule has 6 N–H and O–H groups in total. The van der Waals surface area contributed by atoms with E-state index < -0.39 is 47.5 Å². The quantitative estimate of drug-likeness (QED) is 0.0927. The van der Waals surface area contributed by atoms with Gasteiger partial charge in [0.1, 0.15) is 35.3 Å². The van der Waals surface area contributed by atoms with Crippen molar-refractivity contribution in [3.63, 3.8) is 0 Å². The van der Waals surface area contributed by atoms with Crippen molar-refractivity contribution in [2.75, 3.05) is 66.0 Å². The van der Waals surface area contributed by atoms with Crippen LogP contribution in [-0.4, -0.2) is 113 Å². The molecular weight excluding hydrogens is 640 g/mol. The number of carbonyl (C=O) groups excluding carboxylic acids is 6. The maximum atomic E-state index is 13.5. The highest BCUT2D eigenvalue weighted by molar-refractivity contribution is 5.99. The average molecular weight is 695 g/mol. The normalized spacial score (nSPS) is 12.4. The van der Waals surface area contributed by atoms with E-state index in [2.05, 4.69) is 21.3 Å². The lowest BCUT2D eigenvalue weighted by atomic mass is 9.89. The number of nitrogens with two attached hydrogens (primary N) is 1. The Labute approximate surface area is 288 Å². The van der Waals surface area contributed by atoms with Gasteiger partial charge in [-0.05, 0) is 65.8 Å². The first-order valence-electron chi connectivity index (χ1n) is 16.1. The third-order valence-corrected chi connectivity index (χ3v) is 6.74. The molecule has 2 atom stereocenters. The van der Waals surface area contributed by atoms with Crippen LogP contribution < -0.4 is 31.7 Å². The number of urea groups is 1. The molecule has 5 amide bonds. The molecule has 0 spiro atoms. The van der Waals surface area contributed by atoms with Gasteiger partial charge in [-0.3, -0.25) is 14.4 Å². The molecule has 0 radical (unpaired) electrons. The third kappa shape index (κ3) is 18.1. The topological polar surface area (TPSA) is 217 Å². The molecule has 0 aliphatic heterocycles. The van der Waals surface area contributed by atoms with Crippen LogP contribution in [0.3, 0.4) is 0 Å². The van der Waals surface area contributed by atoms with E-state index in [1.807, 2.05) is 13.8 Å². The molecule has 0 bridgehead atoms. The van der Waals surface area contributed by atoms with Gasteiger partial charge in [-0.2, -0.15) is 0 Å². The second-order valence-corrected chi connectivity index (χ2v) is 12.9. The predicted octanol–water partition coefficient (Wildman–Crippen LogP) is 2.06. The second-order valence-electron chi connectivity index (χ2n) is 12.9. The molecular formula is C33H54N6O10. The molecule has 0 saturated carbocycles. The summed E-state index contributed by atoms with van der Waals surface area (Å²) in [5.41, 5.74) is 4.91. The van der Waals surface area contributed by atoms with Crippen LogP contribution in [0.1, 0.15) is 64.2 Å². The highest BCUT2D eigenvalue weighted by Crippen LogP contribution is 2.25. The summed E-state index contributed by atoms with van der Waals surface area (Å²) in [5.74, 6) is -2.50. The van der Waals surface area contributed by atoms with Crippen molar-refractivity contribution in [2.24, 2.45) is 17.6 Å². The van der Waals surface area contributed by atoms with E-state index in [4.69, 9.17) is 24.7 Å². The van der Waals surface area contributed by atoms with Gasteiger partial charge in [0.05, 0.1) is 26.9 Å². The number of primary amides is 1. The van der Waals surface area contributed by atoms with Crippen molar-refractivity contribution < 1.29 is 47.7 Å². The predicted molar refractivity (Wildman–Crippen MR) is 182 cm³/mol. The number of rotatable bonds is 21. The molecule has 49 heavy (non-hydrogen) atoms. The van der Waals surface area contributed by atoms with Gasteiger partial charge in [0, 0.05) is 37.2 Å². The number of amides is 5. The minimum absolute atomic E-state index is 0.0128. The minimum Gasteiger partial charge on any atom is -0.490 e. The number of alkyl carbamates (subject to hydrolysis) is 1. The molecule has 1 aromatic carbocycles. The van der Waals surface area contributed by atoms with Gasteiger partial charge in [-0.15, -0.1) is 0 Å². The van der Waals surface area contributed by atoms with Gasteiger partial charge >= 0.3 is 18.1 Å². The maximum absolute atomic E-state index is 13.5. The van der Waals surface area contributed by atoms with Crippen molar-refractivity contribution >= 4 is 41.4 Å². The van der Waals surface area contributed by atoms with E-state index >= 15 is 0 Å². The number of hydrogen-bond acceptors (Lipinski definition) is 11. The van der Waals surface area contributed by atoms with E-state index in [1.165, 1.54) is 25.3 Å². The van der Waals surface area contributed by atoms with Gasteiger partial charge in [0.2, 0.25) is 11.8 Å². The summed E-state index contributed by atoms with van der Waals surface area (Å²) in [6.07, 6.45) is -0.0829. The van der Waals surface area contributed by atoms with Crippen LogP contribution in [0.2, 0.25) is 0 Å². The van der Waals surface area contributed by atoms with Gasteiger partial charge in [0.25, 0.3) is 0 Å². The number of likely N-dealkylation sites (N-methyl/N-ethyl adjacent to an activating group) is 1. The fraction of sp³-hybridized carbons (Fsp3) is 0.636. The largest absolute Gasteiger partial charge is 0.490 e. The average Bonchev–Trinajstić information content (AvgIpc) is 2.98. The van der Waals surface area contributed by atoms with E-state index in [9.17, 15) is 28.8 Å². The SMILES string of the molecule is COC(=O)c1ccc(NC(=O)[C@H](CCCNC(N)=O)NC(=O)[C@@H](CC(=O)CN(C)C)C(C)C)cc1OCCOCCNC(=O)OC(C)(C)C. The van der Waals surface area contributed by atoms with E-state index in [0.717, 1.165) is 0 Å². The van der Waals surface area contributed by atoms with Gasteiger partial charge in [-0.25, -0.2) is 14.4 Å². The Morgan fingerprint density at radius 3 is 2.22 bits per heavy atom. The van der Waals surface area contributed by atoms with Crippen molar-refractivity contribution in [1.29, 1.82) is 0 Å². The molecule has 0 aromatic heterocycles. The number of methoxy groups -OCH3 is 1. The van der Waals surface area contributed by atoms with E-state index in [1.54, 1.807) is 39.8 Å². The summed E-state index contributed by atoms with van der Waals surface area (Å²) >= 11 is 0. The fourth-order valence-corrected chi connectivity index (χ4v) is 4.44. The Bertz CT molecular complexity index is 1260. The molecule has 16 heteroatoms. The summed E-state index contributed by atoms with van der Waals surface area (Å²) in [5, 5.41) is 10.6. The molecule has 0 aliphatic rings. The summed E-state index contributed by atoms with van der Waals surface area (Å²) in [7, 11) is 4.75. The molecule has 0 heterocycles. The zero-order valence-electron chi connectivity index (χ0n) is 29.9. The summed E-state index contributed by atoms with van der Waals surface area (Å²) < 4.78 is 21.3. The van der Waals surface area contributed by atoms with Crippen LogP contribution in [0.4, 0.5) is 15.3 Å². The van der Waals surface area contributed by atoms with Gasteiger partial charge < -0.3 is 50.8 Å². The number of nitrogens with zero attached hydrogens (tertiary/aromatic N) is 1. The Balaban J connectivity index is 3.00. The molecule has 1 aromatic rings.